The molecular formula is C14H21NO2. The maximum absolute atomic E-state index is 5.31. The van der Waals surface area contributed by atoms with E-state index in [1.807, 2.05) is 18.2 Å². The molecule has 1 rings (SSSR count). The van der Waals surface area contributed by atoms with Crippen molar-refractivity contribution in [3.05, 3.63) is 29.8 Å². The minimum absolute atomic E-state index is 0.808. The lowest BCUT2D eigenvalue weighted by molar-refractivity contribution is 0.394. The molecule has 0 amide bonds. The maximum Gasteiger partial charge on any atom is 0.129 e. The van der Waals surface area contributed by atoms with Crippen LogP contribution in [0.1, 0.15) is 18.9 Å². The van der Waals surface area contributed by atoms with E-state index in [1.165, 1.54) is 0 Å². The molecule has 0 aliphatic carbocycles. The summed E-state index contributed by atoms with van der Waals surface area (Å²) in [5.74, 6) is 1.64. The fourth-order valence-electron chi connectivity index (χ4n) is 1.50. The Morgan fingerprint density at radius 2 is 2.06 bits per heavy atom. The number of ether oxygens (including phenoxy) is 2. The Bertz CT molecular complexity index is 361. The van der Waals surface area contributed by atoms with Gasteiger partial charge in [-0.1, -0.05) is 19.1 Å². The molecular weight excluding hydrogens is 214 g/mol. The van der Waals surface area contributed by atoms with Gasteiger partial charge in [0.15, 0.2) is 0 Å². The minimum Gasteiger partial charge on any atom is -0.497 e. The molecule has 0 bridgehead atoms. The van der Waals surface area contributed by atoms with Gasteiger partial charge in [-0.15, -0.1) is 0 Å². The molecule has 17 heavy (non-hydrogen) atoms. The largest absolute Gasteiger partial charge is 0.497 e. The van der Waals surface area contributed by atoms with Gasteiger partial charge in [0, 0.05) is 18.2 Å². The fourth-order valence-corrected chi connectivity index (χ4v) is 1.50. The van der Waals surface area contributed by atoms with Gasteiger partial charge in [-0.05, 0) is 25.1 Å². The zero-order chi connectivity index (χ0) is 12.5. The van der Waals surface area contributed by atoms with Gasteiger partial charge in [0.25, 0.3) is 0 Å². The minimum atomic E-state index is 0.808. The quantitative estimate of drug-likeness (QED) is 0.737. The fraction of sp³-hybridized carbons (Fsp3) is 0.429. The van der Waals surface area contributed by atoms with Crippen LogP contribution in [0, 0.1) is 0 Å². The van der Waals surface area contributed by atoms with Crippen molar-refractivity contribution in [2.45, 2.75) is 13.3 Å². The topological polar surface area (TPSA) is 30.5 Å². The monoisotopic (exact) mass is 235 g/mol. The highest BCUT2D eigenvalue weighted by Crippen LogP contribution is 2.25. The number of rotatable bonds is 7. The second-order valence-corrected chi connectivity index (χ2v) is 3.71. The van der Waals surface area contributed by atoms with E-state index in [4.69, 9.17) is 9.47 Å². The Hall–Kier alpha value is -1.48. The molecule has 1 aromatic carbocycles. The third-order valence-electron chi connectivity index (χ3n) is 2.43. The van der Waals surface area contributed by atoms with Gasteiger partial charge in [-0.25, -0.2) is 0 Å². The van der Waals surface area contributed by atoms with Crippen LogP contribution in [-0.4, -0.2) is 27.3 Å². The number of benzene rings is 1. The van der Waals surface area contributed by atoms with Crippen molar-refractivity contribution in [2.24, 2.45) is 0 Å². The molecule has 0 spiro atoms. The van der Waals surface area contributed by atoms with E-state index < -0.39 is 0 Å². The van der Waals surface area contributed by atoms with Crippen LogP contribution in [0.3, 0.4) is 0 Å². The molecule has 1 N–H and O–H groups in total. The average molecular weight is 235 g/mol. The van der Waals surface area contributed by atoms with Crippen LogP contribution in [0.2, 0.25) is 0 Å². The van der Waals surface area contributed by atoms with Gasteiger partial charge in [0.05, 0.1) is 14.2 Å². The molecule has 0 saturated carbocycles. The lowest BCUT2D eigenvalue weighted by Gasteiger charge is -2.07. The molecule has 0 unspecified atom stereocenters. The van der Waals surface area contributed by atoms with E-state index in [0.717, 1.165) is 36.6 Å². The summed E-state index contributed by atoms with van der Waals surface area (Å²) in [5, 5.41) is 3.31. The van der Waals surface area contributed by atoms with Crippen molar-refractivity contribution >= 4 is 6.08 Å². The predicted molar refractivity (Wildman–Crippen MR) is 71.7 cm³/mol. The van der Waals surface area contributed by atoms with Crippen LogP contribution in [0.5, 0.6) is 11.5 Å². The summed E-state index contributed by atoms with van der Waals surface area (Å²) in [7, 11) is 3.32. The van der Waals surface area contributed by atoms with Crippen LogP contribution < -0.4 is 14.8 Å². The first-order chi connectivity index (χ1) is 8.31. The lowest BCUT2D eigenvalue weighted by atomic mass is 10.1. The summed E-state index contributed by atoms with van der Waals surface area (Å²) in [6.07, 6.45) is 5.31. The first-order valence-corrected chi connectivity index (χ1v) is 5.91. The van der Waals surface area contributed by atoms with Crippen molar-refractivity contribution in [3.63, 3.8) is 0 Å². The molecule has 3 heteroatoms. The van der Waals surface area contributed by atoms with Crippen molar-refractivity contribution in [2.75, 3.05) is 27.3 Å². The zero-order valence-electron chi connectivity index (χ0n) is 10.8. The molecule has 0 saturated heterocycles. The van der Waals surface area contributed by atoms with E-state index in [2.05, 4.69) is 24.4 Å². The van der Waals surface area contributed by atoms with Gasteiger partial charge in [0.2, 0.25) is 0 Å². The Morgan fingerprint density at radius 1 is 1.24 bits per heavy atom. The highest BCUT2D eigenvalue weighted by atomic mass is 16.5. The van der Waals surface area contributed by atoms with Crippen LogP contribution in [-0.2, 0) is 0 Å². The molecule has 1 aromatic rings. The molecule has 94 valence electrons. The molecule has 3 nitrogen and oxygen atoms in total. The first kappa shape index (κ1) is 13.6. The Balaban J connectivity index is 2.63. The normalized spacial score (nSPS) is 10.8. The molecule has 0 radical (unpaired) electrons. The van der Waals surface area contributed by atoms with E-state index >= 15 is 0 Å². The molecule has 0 aliphatic heterocycles. The van der Waals surface area contributed by atoms with Crippen molar-refractivity contribution in [1.82, 2.24) is 5.32 Å². The van der Waals surface area contributed by atoms with Crippen LogP contribution in [0.25, 0.3) is 6.08 Å². The number of methoxy groups -OCH3 is 2. The van der Waals surface area contributed by atoms with Gasteiger partial charge < -0.3 is 14.8 Å². The molecule has 0 atom stereocenters. The van der Waals surface area contributed by atoms with Crippen molar-refractivity contribution < 1.29 is 9.47 Å². The second kappa shape index (κ2) is 7.74. The summed E-state index contributed by atoms with van der Waals surface area (Å²) in [4.78, 5) is 0. The summed E-state index contributed by atoms with van der Waals surface area (Å²) in [6.45, 7) is 4.08. The van der Waals surface area contributed by atoms with E-state index in [9.17, 15) is 0 Å². The average Bonchev–Trinajstić information content (AvgIpc) is 2.38. The van der Waals surface area contributed by atoms with E-state index in [-0.39, 0.29) is 0 Å². The number of nitrogens with one attached hydrogen (secondary N) is 1. The summed E-state index contributed by atoms with van der Waals surface area (Å²) >= 11 is 0. The Morgan fingerprint density at radius 3 is 2.71 bits per heavy atom. The predicted octanol–water partition coefficient (Wildman–Crippen LogP) is 2.72. The standard InChI is InChI=1S/C14H21NO2/c1-4-9-15-10-5-6-12-7-8-13(16-2)11-14(12)17-3/h5-8,11,15H,4,9-10H2,1-3H3. The van der Waals surface area contributed by atoms with Crippen LogP contribution in [0.4, 0.5) is 0 Å². The molecule has 0 heterocycles. The van der Waals surface area contributed by atoms with Crippen molar-refractivity contribution in [3.8, 4) is 11.5 Å². The zero-order valence-corrected chi connectivity index (χ0v) is 10.8. The van der Waals surface area contributed by atoms with Crippen LogP contribution >= 0.6 is 0 Å². The number of hydrogen-bond acceptors (Lipinski definition) is 3. The molecule has 0 fully saturated rings. The van der Waals surface area contributed by atoms with Gasteiger partial charge in [0.1, 0.15) is 11.5 Å². The van der Waals surface area contributed by atoms with Gasteiger partial charge in [-0.2, -0.15) is 0 Å². The third kappa shape index (κ3) is 4.49. The Labute approximate surface area is 103 Å². The number of hydrogen-bond donors (Lipinski definition) is 1. The van der Waals surface area contributed by atoms with Gasteiger partial charge >= 0.3 is 0 Å². The van der Waals surface area contributed by atoms with Crippen molar-refractivity contribution in [1.29, 1.82) is 0 Å². The van der Waals surface area contributed by atoms with E-state index in [1.54, 1.807) is 14.2 Å². The highest BCUT2D eigenvalue weighted by Gasteiger charge is 2.01. The van der Waals surface area contributed by atoms with Crippen LogP contribution in [0.15, 0.2) is 24.3 Å². The summed E-state index contributed by atoms with van der Waals surface area (Å²) in [5.41, 5.74) is 1.06. The summed E-state index contributed by atoms with van der Waals surface area (Å²) < 4.78 is 10.5. The molecule has 0 aromatic heterocycles. The molecule has 0 aliphatic rings. The summed E-state index contributed by atoms with van der Waals surface area (Å²) in [6, 6.07) is 5.81. The highest BCUT2D eigenvalue weighted by molar-refractivity contribution is 5.59. The first-order valence-electron chi connectivity index (χ1n) is 5.91. The lowest BCUT2D eigenvalue weighted by Crippen LogP contribution is -2.13. The van der Waals surface area contributed by atoms with E-state index in [0.29, 0.717) is 0 Å². The van der Waals surface area contributed by atoms with Gasteiger partial charge in [-0.3, -0.25) is 0 Å². The second-order valence-electron chi connectivity index (χ2n) is 3.71. The smallest absolute Gasteiger partial charge is 0.129 e. The maximum atomic E-state index is 5.31. The Kier molecular flexibility index (Phi) is 6.18. The third-order valence-corrected chi connectivity index (χ3v) is 2.43. The SMILES string of the molecule is CCCNCC=Cc1ccc(OC)cc1OC.